The highest BCUT2D eigenvalue weighted by Crippen LogP contribution is 2.29. The van der Waals surface area contributed by atoms with Gasteiger partial charge in [-0.25, -0.2) is 0 Å². The lowest BCUT2D eigenvalue weighted by Crippen LogP contribution is -2.36. The van der Waals surface area contributed by atoms with Gasteiger partial charge in [0, 0.05) is 5.03 Å². The Balaban J connectivity index is 2.00. The van der Waals surface area contributed by atoms with Crippen LogP contribution < -0.4 is 5.73 Å². The van der Waals surface area contributed by atoms with Crippen molar-refractivity contribution in [2.24, 2.45) is 11.7 Å². The lowest BCUT2D eigenvalue weighted by molar-refractivity contribution is -0.0153. The van der Waals surface area contributed by atoms with Crippen LogP contribution in [0.2, 0.25) is 0 Å². The lowest BCUT2D eigenvalue weighted by atomic mass is 9.82. The first kappa shape index (κ1) is 9.04. The van der Waals surface area contributed by atoms with Gasteiger partial charge in [0.1, 0.15) is 0 Å². The van der Waals surface area contributed by atoms with Crippen molar-refractivity contribution in [3.05, 3.63) is 11.6 Å². The smallest absolute Gasteiger partial charge is 0.0820 e. The molecule has 11 heavy (non-hydrogen) atoms. The van der Waals surface area contributed by atoms with Crippen LogP contribution in [0.3, 0.4) is 0 Å². The molecule has 0 spiro atoms. The summed E-state index contributed by atoms with van der Waals surface area (Å²) in [7, 11) is 0. The summed E-state index contributed by atoms with van der Waals surface area (Å²) in [5.41, 5.74) is 5.45. The third-order valence-electron chi connectivity index (χ3n) is 2.00. The Labute approximate surface area is 72.4 Å². The van der Waals surface area contributed by atoms with Crippen LogP contribution in [-0.2, 0) is 4.74 Å². The van der Waals surface area contributed by atoms with E-state index in [1.165, 1.54) is 0 Å². The van der Waals surface area contributed by atoms with Crippen LogP contribution >= 0.6 is 11.6 Å². The molecular weight excluding hydrogens is 162 g/mol. The number of hydrogen-bond donors (Lipinski definition) is 1. The van der Waals surface area contributed by atoms with Crippen molar-refractivity contribution in [1.29, 1.82) is 0 Å². The highest BCUT2D eigenvalue weighted by molar-refractivity contribution is 6.29. The van der Waals surface area contributed by atoms with E-state index < -0.39 is 0 Å². The van der Waals surface area contributed by atoms with Gasteiger partial charge in [-0.3, -0.25) is 0 Å². The fourth-order valence-corrected chi connectivity index (χ4v) is 1.27. The highest BCUT2D eigenvalue weighted by atomic mass is 35.5. The summed E-state index contributed by atoms with van der Waals surface area (Å²) in [5.74, 6) is 0.670. The summed E-state index contributed by atoms with van der Waals surface area (Å²) < 4.78 is 5.38. The third kappa shape index (κ3) is 2.81. The number of ether oxygens (including phenoxy) is 1. The molecule has 2 nitrogen and oxygen atoms in total. The minimum absolute atomic E-state index is 0.374. The van der Waals surface area contributed by atoms with Gasteiger partial charge in [0.15, 0.2) is 0 Å². The Morgan fingerprint density at radius 1 is 1.64 bits per heavy atom. The van der Waals surface area contributed by atoms with E-state index in [9.17, 15) is 0 Å². The van der Waals surface area contributed by atoms with Gasteiger partial charge in [-0.05, 0) is 25.3 Å². The molecule has 0 saturated heterocycles. The van der Waals surface area contributed by atoms with Gasteiger partial charge in [-0.1, -0.05) is 18.2 Å². The van der Waals surface area contributed by atoms with Gasteiger partial charge in [0.25, 0.3) is 0 Å². The van der Waals surface area contributed by atoms with E-state index in [1.54, 1.807) is 0 Å². The largest absolute Gasteiger partial charge is 0.373 e. The molecule has 0 heterocycles. The van der Waals surface area contributed by atoms with Crippen LogP contribution in [0.5, 0.6) is 0 Å². The summed E-state index contributed by atoms with van der Waals surface area (Å²) in [6.45, 7) is 4.80. The predicted molar refractivity (Wildman–Crippen MR) is 46.5 cm³/mol. The maximum atomic E-state index is 5.53. The summed E-state index contributed by atoms with van der Waals surface area (Å²) in [6, 6.07) is 0. The predicted octanol–water partition coefficient (Wildman–Crippen LogP) is 1.49. The Kier molecular flexibility index (Phi) is 3.37. The Hall–Kier alpha value is -0.0500. The van der Waals surface area contributed by atoms with Gasteiger partial charge < -0.3 is 10.5 Å². The van der Waals surface area contributed by atoms with Crippen LogP contribution in [0.25, 0.3) is 0 Å². The van der Waals surface area contributed by atoms with Crippen LogP contribution in [0.15, 0.2) is 11.6 Å². The monoisotopic (exact) mass is 175 g/mol. The van der Waals surface area contributed by atoms with E-state index in [-0.39, 0.29) is 0 Å². The summed E-state index contributed by atoms with van der Waals surface area (Å²) in [6.07, 6.45) is 2.54. The van der Waals surface area contributed by atoms with Crippen molar-refractivity contribution < 1.29 is 4.74 Å². The Bertz CT molecular complexity index is 143. The zero-order valence-corrected chi connectivity index (χ0v) is 7.31. The lowest BCUT2D eigenvalue weighted by Gasteiger charge is -2.34. The standard InChI is InChI=1S/C8H14ClNO/c1-6(9)5-11-8-2-7(3-8)4-10/h7-8H,1-5,10H2. The van der Waals surface area contributed by atoms with Crippen molar-refractivity contribution in [2.45, 2.75) is 18.9 Å². The van der Waals surface area contributed by atoms with Gasteiger partial charge in [0.2, 0.25) is 0 Å². The first-order valence-electron chi connectivity index (χ1n) is 3.87. The van der Waals surface area contributed by atoms with Crippen molar-refractivity contribution in [3.8, 4) is 0 Å². The second-order valence-electron chi connectivity index (χ2n) is 3.02. The second kappa shape index (κ2) is 4.10. The molecule has 64 valence electrons. The molecule has 0 aromatic carbocycles. The molecule has 0 aliphatic heterocycles. The van der Waals surface area contributed by atoms with E-state index in [4.69, 9.17) is 22.1 Å². The summed E-state index contributed by atoms with van der Waals surface area (Å²) in [5, 5.41) is 0.571. The highest BCUT2D eigenvalue weighted by Gasteiger charge is 2.28. The maximum absolute atomic E-state index is 5.53. The molecule has 0 amide bonds. The zero-order chi connectivity index (χ0) is 8.27. The van der Waals surface area contributed by atoms with Crippen LogP contribution in [0.4, 0.5) is 0 Å². The third-order valence-corrected chi connectivity index (χ3v) is 2.11. The van der Waals surface area contributed by atoms with Gasteiger partial charge >= 0.3 is 0 Å². The molecule has 1 aliphatic rings. The molecule has 1 fully saturated rings. The van der Waals surface area contributed by atoms with Gasteiger partial charge in [-0.2, -0.15) is 0 Å². The molecule has 0 unspecified atom stereocenters. The van der Waals surface area contributed by atoms with Crippen molar-refractivity contribution in [1.82, 2.24) is 0 Å². The van der Waals surface area contributed by atoms with E-state index >= 15 is 0 Å². The van der Waals surface area contributed by atoms with Crippen molar-refractivity contribution in [2.75, 3.05) is 13.2 Å². The van der Waals surface area contributed by atoms with E-state index in [2.05, 4.69) is 6.58 Å². The number of halogens is 1. The minimum Gasteiger partial charge on any atom is -0.373 e. The van der Waals surface area contributed by atoms with E-state index in [1.807, 2.05) is 0 Å². The molecule has 0 bridgehead atoms. The molecule has 2 N–H and O–H groups in total. The minimum atomic E-state index is 0.374. The van der Waals surface area contributed by atoms with Crippen LogP contribution in [0, 0.1) is 5.92 Å². The first-order chi connectivity index (χ1) is 5.22. The quantitative estimate of drug-likeness (QED) is 0.703. The molecule has 3 heteroatoms. The van der Waals surface area contributed by atoms with Gasteiger partial charge in [-0.15, -0.1) is 0 Å². The number of rotatable bonds is 4. The topological polar surface area (TPSA) is 35.2 Å². The van der Waals surface area contributed by atoms with E-state index in [0.717, 1.165) is 19.4 Å². The average Bonchev–Trinajstić information content (AvgIpc) is 1.84. The molecule has 1 rings (SSSR count). The molecule has 1 saturated carbocycles. The fourth-order valence-electron chi connectivity index (χ4n) is 1.21. The van der Waals surface area contributed by atoms with Crippen LogP contribution in [0.1, 0.15) is 12.8 Å². The molecule has 0 aromatic rings. The maximum Gasteiger partial charge on any atom is 0.0820 e. The van der Waals surface area contributed by atoms with Crippen molar-refractivity contribution >= 4 is 11.6 Å². The number of nitrogens with two attached hydrogens (primary N) is 1. The summed E-state index contributed by atoms with van der Waals surface area (Å²) >= 11 is 5.53. The zero-order valence-electron chi connectivity index (χ0n) is 6.55. The normalized spacial score (nSPS) is 29.6. The number of hydrogen-bond acceptors (Lipinski definition) is 2. The Morgan fingerprint density at radius 2 is 2.27 bits per heavy atom. The van der Waals surface area contributed by atoms with E-state index in [0.29, 0.717) is 23.7 Å². The fraction of sp³-hybridized carbons (Fsp3) is 0.750. The van der Waals surface area contributed by atoms with Crippen molar-refractivity contribution in [3.63, 3.8) is 0 Å². The SMILES string of the molecule is C=C(Cl)COC1CC(CN)C1. The molecule has 0 atom stereocenters. The molecule has 0 radical (unpaired) electrons. The first-order valence-corrected chi connectivity index (χ1v) is 4.25. The Morgan fingerprint density at radius 3 is 2.73 bits per heavy atom. The molecular formula is C8H14ClNO. The summed E-state index contributed by atoms with van der Waals surface area (Å²) in [4.78, 5) is 0. The second-order valence-corrected chi connectivity index (χ2v) is 3.56. The van der Waals surface area contributed by atoms with Crippen LogP contribution in [-0.4, -0.2) is 19.3 Å². The van der Waals surface area contributed by atoms with Gasteiger partial charge in [0.05, 0.1) is 12.7 Å². The average molecular weight is 176 g/mol. The molecule has 1 aliphatic carbocycles. The molecule has 0 aromatic heterocycles.